The van der Waals surface area contributed by atoms with Gasteiger partial charge in [0.15, 0.2) is 5.69 Å². The molecular formula is C12H17N3O2. The van der Waals surface area contributed by atoms with E-state index in [1.165, 1.54) is 0 Å². The van der Waals surface area contributed by atoms with Gasteiger partial charge in [-0.15, -0.1) is 5.10 Å². The lowest BCUT2D eigenvalue weighted by molar-refractivity contribution is 0.0862. The Labute approximate surface area is 100 Å². The van der Waals surface area contributed by atoms with Crippen molar-refractivity contribution in [2.45, 2.75) is 44.8 Å². The highest BCUT2D eigenvalue weighted by Crippen LogP contribution is 2.18. The van der Waals surface area contributed by atoms with Crippen molar-refractivity contribution in [3.63, 3.8) is 0 Å². The monoisotopic (exact) mass is 235 g/mol. The Bertz CT molecular complexity index is 383. The zero-order valence-electron chi connectivity index (χ0n) is 9.89. The van der Waals surface area contributed by atoms with Crippen LogP contribution in [0.1, 0.15) is 41.9 Å². The van der Waals surface area contributed by atoms with E-state index in [1.807, 2.05) is 6.92 Å². The maximum absolute atomic E-state index is 11.8. The summed E-state index contributed by atoms with van der Waals surface area (Å²) in [4.78, 5) is 11.8. The third-order valence-corrected chi connectivity index (χ3v) is 3.06. The molecule has 2 rings (SSSR count). The van der Waals surface area contributed by atoms with Crippen LogP contribution in [0.5, 0.6) is 0 Å². The van der Waals surface area contributed by atoms with Gasteiger partial charge in [-0.1, -0.05) is 0 Å². The Morgan fingerprint density at radius 3 is 2.59 bits per heavy atom. The summed E-state index contributed by atoms with van der Waals surface area (Å²) in [6.07, 6.45) is 2.95. The van der Waals surface area contributed by atoms with Gasteiger partial charge in [-0.25, -0.2) is 0 Å². The predicted octanol–water partition coefficient (Wildman–Crippen LogP) is 0.818. The molecule has 17 heavy (non-hydrogen) atoms. The topological polar surface area (TPSA) is 75.1 Å². The molecule has 0 spiro atoms. The minimum Gasteiger partial charge on any atom is -0.393 e. The average molecular weight is 235 g/mol. The number of hydrogen-bond acceptors (Lipinski definition) is 4. The average Bonchev–Trinajstić information content (AvgIpc) is 2.33. The fourth-order valence-electron chi connectivity index (χ4n) is 2.00. The second-order valence-corrected chi connectivity index (χ2v) is 4.54. The van der Waals surface area contributed by atoms with Gasteiger partial charge in [0.2, 0.25) is 0 Å². The summed E-state index contributed by atoms with van der Waals surface area (Å²) in [5, 5.41) is 20.0. The Morgan fingerprint density at radius 2 is 2.00 bits per heavy atom. The summed E-state index contributed by atoms with van der Waals surface area (Å²) < 4.78 is 0. The lowest BCUT2D eigenvalue weighted by Crippen LogP contribution is -2.39. The van der Waals surface area contributed by atoms with Crippen molar-refractivity contribution in [2.24, 2.45) is 0 Å². The van der Waals surface area contributed by atoms with Crippen LogP contribution in [0.15, 0.2) is 12.1 Å². The van der Waals surface area contributed by atoms with Gasteiger partial charge in [0.25, 0.3) is 5.91 Å². The van der Waals surface area contributed by atoms with Gasteiger partial charge in [-0.05, 0) is 44.7 Å². The molecule has 1 aromatic heterocycles. The summed E-state index contributed by atoms with van der Waals surface area (Å²) in [7, 11) is 0. The van der Waals surface area contributed by atoms with Gasteiger partial charge >= 0.3 is 0 Å². The molecule has 0 bridgehead atoms. The summed E-state index contributed by atoms with van der Waals surface area (Å²) in [5.41, 5.74) is 1.14. The quantitative estimate of drug-likeness (QED) is 0.795. The lowest BCUT2D eigenvalue weighted by Gasteiger charge is -2.25. The molecule has 0 saturated heterocycles. The van der Waals surface area contributed by atoms with Crippen LogP contribution in [0.25, 0.3) is 0 Å². The third kappa shape index (κ3) is 3.23. The number of aryl methyl sites for hydroxylation is 1. The van der Waals surface area contributed by atoms with Crippen molar-refractivity contribution in [1.82, 2.24) is 15.5 Å². The van der Waals surface area contributed by atoms with Crippen molar-refractivity contribution >= 4 is 5.91 Å². The molecule has 0 atom stereocenters. The highest BCUT2D eigenvalue weighted by Gasteiger charge is 2.21. The standard InChI is InChI=1S/C12H17N3O2/c1-8-2-7-11(15-14-8)12(17)13-9-3-5-10(16)6-4-9/h2,7,9-10,16H,3-6H2,1H3,(H,13,17)/t9-,10-. The number of aliphatic hydroxyl groups excluding tert-OH is 1. The fourth-order valence-corrected chi connectivity index (χ4v) is 2.00. The van der Waals surface area contributed by atoms with Crippen LogP contribution in [-0.2, 0) is 0 Å². The Hall–Kier alpha value is -1.49. The molecule has 2 N–H and O–H groups in total. The van der Waals surface area contributed by atoms with Crippen molar-refractivity contribution in [1.29, 1.82) is 0 Å². The first kappa shape index (κ1) is 12.0. The van der Waals surface area contributed by atoms with E-state index in [0.717, 1.165) is 31.4 Å². The third-order valence-electron chi connectivity index (χ3n) is 3.06. The molecule has 1 aliphatic rings. The SMILES string of the molecule is Cc1ccc(C(=O)N[C@H]2CC[C@H](O)CC2)nn1. The Balaban J connectivity index is 1.91. The van der Waals surface area contributed by atoms with Gasteiger partial charge in [0, 0.05) is 6.04 Å². The maximum atomic E-state index is 11.8. The lowest BCUT2D eigenvalue weighted by atomic mass is 9.93. The molecule has 1 heterocycles. The normalized spacial score (nSPS) is 24.4. The van der Waals surface area contributed by atoms with Gasteiger partial charge in [0.05, 0.1) is 11.8 Å². The summed E-state index contributed by atoms with van der Waals surface area (Å²) in [5.74, 6) is -0.182. The largest absolute Gasteiger partial charge is 0.393 e. The molecule has 0 aliphatic heterocycles. The van der Waals surface area contributed by atoms with Crippen LogP contribution >= 0.6 is 0 Å². The molecule has 1 fully saturated rings. The van der Waals surface area contributed by atoms with Gasteiger partial charge < -0.3 is 10.4 Å². The number of aromatic nitrogens is 2. The Kier molecular flexibility index (Phi) is 3.68. The number of aliphatic hydroxyl groups is 1. The number of nitrogens with one attached hydrogen (secondary N) is 1. The molecule has 0 aromatic carbocycles. The van der Waals surface area contributed by atoms with E-state index in [-0.39, 0.29) is 18.1 Å². The minimum atomic E-state index is -0.206. The first-order valence-corrected chi connectivity index (χ1v) is 5.94. The van der Waals surface area contributed by atoms with Crippen LogP contribution in [0.2, 0.25) is 0 Å². The molecule has 1 amide bonds. The Morgan fingerprint density at radius 1 is 1.29 bits per heavy atom. The molecule has 1 saturated carbocycles. The number of amides is 1. The van der Waals surface area contributed by atoms with Gasteiger partial charge in [0.1, 0.15) is 0 Å². The molecule has 5 nitrogen and oxygen atoms in total. The van der Waals surface area contributed by atoms with Crippen molar-refractivity contribution in [2.75, 3.05) is 0 Å². The highest BCUT2D eigenvalue weighted by molar-refractivity contribution is 5.92. The molecular weight excluding hydrogens is 218 g/mol. The second-order valence-electron chi connectivity index (χ2n) is 4.54. The van der Waals surface area contributed by atoms with Crippen LogP contribution in [-0.4, -0.2) is 33.4 Å². The zero-order valence-corrected chi connectivity index (χ0v) is 9.89. The molecule has 1 aliphatic carbocycles. The van der Waals surface area contributed by atoms with Crippen LogP contribution in [0.3, 0.4) is 0 Å². The first-order valence-electron chi connectivity index (χ1n) is 5.94. The summed E-state index contributed by atoms with van der Waals surface area (Å²) in [6, 6.07) is 3.59. The number of carbonyl (C=O) groups excluding carboxylic acids is 1. The van der Waals surface area contributed by atoms with Crippen molar-refractivity contribution in [3.8, 4) is 0 Å². The fraction of sp³-hybridized carbons (Fsp3) is 0.583. The molecule has 0 radical (unpaired) electrons. The number of rotatable bonds is 2. The van der Waals surface area contributed by atoms with Crippen LogP contribution in [0, 0.1) is 6.92 Å². The van der Waals surface area contributed by atoms with Crippen LogP contribution in [0.4, 0.5) is 0 Å². The maximum Gasteiger partial charge on any atom is 0.272 e. The number of hydrogen-bond donors (Lipinski definition) is 2. The van der Waals surface area contributed by atoms with E-state index in [0.29, 0.717) is 5.69 Å². The summed E-state index contributed by atoms with van der Waals surface area (Å²) in [6.45, 7) is 1.83. The highest BCUT2D eigenvalue weighted by atomic mass is 16.3. The number of carbonyl (C=O) groups is 1. The zero-order chi connectivity index (χ0) is 12.3. The van der Waals surface area contributed by atoms with E-state index in [9.17, 15) is 9.90 Å². The summed E-state index contributed by atoms with van der Waals surface area (Å²) >= 11 is 0. The van der Waals surface area contributed by atoms with Crippen LogP contribution < -0.4 is 5.32 Å². The molecule has 5 heteroatoms. The van der Waals surface area contributed by atoms with E-state index in [2.05, 4.69) is 15.5 Å². The van der Waals surface area contributed by atoms with Gasteiger partial charge in [-0.2, -0.15) is 5.10 Å². The smallest absolute Gasteiger partial charge is 0.272 e. The first-order chi connectivity index (χ1) is 8.15. The molecule has 0 unspecified atom stereocenters. The van der Waals surface area contributed by atoms with Crippen molar-refractivity contribution < 1.29 is 9.90 Å². The van der Waals surface area contributed by atoms with E-state index in [4.69, 9.17) is 0 Å². The second kappa shape index (κ2) is 5.23. The van der Waals surface area contributed by atoms with Crippen molar-refractivity contribution in [3.05, 3.63) is 23.5 Å². The molecule has 1 aromatic rings. The van der Waals surface area contributed by atoms with Gasteiger partial charge in [-0.3, -0.25) is 4.79 Å². The minimum absolute atomic E-state index is 0.147. The number of nitrogens with zero attached hydrogens (tertiary/aromatic N) is 2. The van der Waals surface area contributed by atoms with E-state index < -0.39 is 0 Å². The van der Waals surface area contributed by atoms with E-state index >= 15 is 0 Å². The predicted molar refractivity (Wildman–Crippen MR) is 62.5 cm³/mol. The molecule has 92 valence electrons. The van der Waals surface area contributed by atoms with E-state index in [1.54, 1.807) is 12.1 Å².